The Kier molecular flexibility index (Phi) is 6.23. The van der Waals surface area contributed by atoms with Crippen LogP contribution < -0.4 is 20.7 Å². The molecule has 11 nitrogen and oxygen atoms in total. The summed E-state index contributed by atoms with van der Waals surface area (Å²) in [5.41, 5.74) is 7.03. The molecule has 3 aliphatic rings. The average Bonchev–Trinajstić information content (AvgIpc) is 3.33. The molecule has 3 fully saturated rings. The summed E-state index contributed by atoms with van der Waals surface area (Å²) in [5.74, 6) is 1.25. The standard InChI is InChI=1S/C22H29N7O4/c1-13-12-31-6-4-29(13)22-27-17(14-10-24-21(23)25-11-14)9-19(28-22)33-16-7-15(8-16)26-20(30)18-3-2-5-32-18/h9-11,13,15-16,18H,2-8,12H2,1H3,(H,26,30)(H2,23,24,25)/t13-,15?,16?,18-/m0/s1. The predicted molar refractivity (Wildman–Crippen MR) is 120 cm³/mol. The van der Waals surface area contributed by atoms with E-state index in [2.05, 4.69) is 32.1 Å². The zero-order chi connectivity index (χ0) is 22.8. The second-order valence-corrected chi connectivity index (χ2v) is 8.76. The van der Waals surface area contributed by atoms with E-state index in [-0.39, 0.29) is 36.1 Å². The first-order chi connectivity index (χ1) is 16.0. The second kappa shape index (κ2) is 9.44. The van der Waals surface area contributed by atoms with Crippen molar-refractivity contribution >= 4 is 17.8 Å². The van der Waals surface area contributed by atoms with Gasteiger partial charge in [-0.05, 0) is 19.8 Å². The molecule has 176 valence electrons. The van der Waals surface area contributed by atoms with Crippen molar-refractivity contribution < 1.29 is 19.0 Å². The van der Waals surface area contributed by atoms with Crippen LogP contribution in [0.15, 0.2) is 18.5 Å². The van der Waals surface area contributed by atoms with Crippen LogP contribution in [0.1, 0.15) is 32.6 Å². The summed E-state index contributed by atoms with van der Waals surface area (Å²) in [4.78, 5) is 32.0. The molecular weight excluding hydrogens is 426 g/mol. The van der Waals surface area contributed by atoms with Gasteiger partial charge in [-0.1, -0.05) is 0 Å². The first-order valence-corrected chi connectivity index (χ1v) is 11.4. The van der Waals surface area contributed by atoms with Gasteiger partial charge in [0, 0.05) is 56.1 Å². The SMILES string of the molecule is C[C@H]1COCCN1c1nc(OC2CC(NC(=O)[C@@H]3CCCO3)C2)cc(-c2cnc(N)nc2)n1. The Morgan fingerprint density at radius 3 is 2.79 bits per heavy atom. The van der Waals surface area contributed by atoms with Gasteiger partial charge in [0.1, 0.15) is 12.2 Å². The van der Waals surface area contributed by atoms with Gasteiger partial charge in [-0.2, -0.15) is 4.98 Å². The van der Waals surface area contributed by atoms with Crippen LogP contribution in [0.25, 0.3) is 11.3 Å². The number of hydrogen-bond acceptors (Lipinski definition) is 10. The lowest BCUT2D eigenvalue weighted by Gasteiger charge is -2.36. The van der Waals surface area contributed by atoms with E-state index in [0.717, 1.165) is 31.2 Å². The van der Waals surface area contributed by atoms with Crippen LogP contribution in [0.5, 0.6) is 5.88 Å². The molecule has 2 aromatic heterocycles. The Labute approximate surface area is 192 Å². The third kappa shape index (κ3) is 4.98. The predicted octanol–water partition coefficient (Wildman–Crippen LogP) is 0.946. The average molecular weight is 456 g/mol. The second-order valence-electron chi connectivity index (χ2n) is 8.76. The number of carbonyl (C=O) groups is 1. The highest BCUT2D eigenvalue weighted by atomic mass is 16.5. The third-order valence-electron chi connectivity index (χ3n) is 6.23. The zero-order valence-corrected chi connectivity index (χ0v) is 18.6. The molecule has 1 saturated carbocycles. The number of carbonyl (C=O) groups excluding carboxylic acids is 1. The molecule has 0 radical (unpaired) electrons. The molecule has 2 aliphatic heterocycles. The third-order valence-corrected chi connectivity index (χ3v) is 6.23. The Morgan fingerprint density at radius 1 is 1.24 bits per heavy atom. The van der Waals surface area contributed by atoms with Crippen LogP contribution in [0.4, 0.5) is 11.9 Å². The number of nitrogens with zero attached hydrogens (tertiary/aromatic N) is 5. The van der Waals surface area contributed by atoms with Gasteiger partial charge in [-0.15, -0.1) is 0 Å². The molecule has 3 N–H and O–H groups in total. The number of ether oxygens (including phenoxy) is 3. The molecule has 0 spiro atoms. The van der Waals surface area contributed by atoms with Crippen molar-refractivity contribution in [1.29, 1.82) is 0 Å². The van der Waals surface area contributed by atoms with Gasteiger partial charge in [-0.3, -0.25) is 4.79 Å². The number of aromatic nitrogens is 4. The van der Waals surface area contributed by atoms with Crippen LogP contribution in [0, 0.1) is 0 Å². The first kappa shape index (κ1) is 21.8. The van der Waals surface area contributed by atoms with Crippen LogP contribution in [-0.2, 0) is 14.3 Å². The van der Waals surface area contributed by atoms with E-state index in [4.69, 9.17) is 24.9 Å². The number of hydrogen-bond donors (Lipinski definition) is 2. The maximum atomic E-state index is 12.3. The van der Waals surface area contributed by atoms with E-state index in [1.165, 1.54) is 0 Å². The molecule has 1 amide bonds. The van der Waals surface area contributed by atoms with Crippen LogP contribution in [0.3, 0.4) is 0 Å². The van der Waals surface area contributed by atoms with Gasteiger partial charge in [0.15, 0.2) is 0 Å². The highest BCUT2D eigenvalue weighted by Gasteiger charge is 2.35. The molecule has 11 heteroatoms. The van der Waals surface area contributed by atoms with Crippen molar-refractivity contribution in [2.24, 2.45) is 0 Å². The molecule has 2 saturated heterocycles. The molecule has 0 bridgehead atoms. The van der Waals surface area contributed by atoms with Crippen molar-refractivity contribution in [3.8, 4) is 17.1 Å². The molecular formula is C22H29N7O4. The van der Waals surface area contributed by atoms with Gasteiger partial charge in [-0.25, -0.2) is 15.0 Å². The van der Waals surface area contributed by atoms with Crippen LogP contribution in [0.2, 0.25) is 0 Å². The minimum Gasteiger partial charge on any atom is -0.474 e. The summed E-state index contributed by atoms with van der Waals surface area (Å²) in [6.07, 6.45) is 6.13. The number of nitrogens with one attached hydrogen (secondary N) is 1. The number of amides is 1. The Hall–Kier alpha value is -3.05. The number of anilines is 2. The monoisotopic (exact) mass is 455 g/mol. The lowest BCUT2D eigenvalue weighted by molar-refractivity contribution is -0.132. The van der Waals surface area contributed by atoms with E-state index in [0.29, 0.717) is 43.9 Å². The minimum absolute atomic E-state index is 0.0211. The highest BCUT2D eigenvalue weighted by Crippen LogP contribution is 2.30. The van der Waals surface area contributed by atoms with Gasteiger partial charge >= 0.3 is 0 Å². The largest absolute Gasteiger partial charge is 0.474 e. The molecule has 33 heavy (non-hydrogen) atoms. The first-order valence-electron chi connectivity index (χ1n) is 11.4. The fourth-order valence-electron chi connectivity index (χ4n) is 4.27. The molecule has 2 atom stereocenters. The smallest absolute Gasteiger partial charge is 0.249 e. The van der Waals surface area contributed by atoms with E-state index in [9.17, 15) is 4.79 Å². The van der Waals surface area contributed by atoms with E-state index < -0.39 is 0 Å². The summed E-state index contributed by atoms with van der Waals surface area (Å²) >= 11 is 0. The summed E-state index contributed by atoms with van der Waals surface area (Å²) < 4.78 is 17.2. The number of nitrogens with two attached hydrogens (primary N) is 1. The Bertz CT molecular complexity index is 977. The van der Waals surface area contributed by atoms with E-state index in [1.807, 2.05) is 0 Å². The van der Waals surface area contributed by atoms with Gasteiger partial charge in [0.05, 0.1) is 24.9 Å². The lowest BCUT2D eigenvalue weighted by atomic mass is 9.89. The molecule has 5 rings (SSSR count). The van der Waals surface area contributed by atoms with E-state index in [1.54, 1.807) is 18.5 Å². The molecule has 1 aliphatic carbocycles. The van der Waals surface area contributed by atoms with E-state index >= 15 is 0 Å². The van der Waals surface area contributed by atoms with Gasteiger partial charge < -0.3 is 30.2 Å². The minimum atomic E-state index is -0.311. The van der Waals surface area contributed by atoms with Gasteiger partial charge in [0.25, 0.3) is 0 Å². The quantitative estimate of drug-likeness (QED) is 0.647. The maximum absolute atomic E-state index is 12.3. The van der Waals surface area contributed by atoms with Crippen molar-refractivity contribution in [3.05, 3.63) is 18.5 Å². The number of rotatable bonds is 6. The summed E-state index contributed by atoms with van der Waals surface area (Å²) in [6.45, 7) is 4.67. The molecule has 4 heterocycles. The number of morpholine rings is 1. The van der Waals surface area contributed by atoms with Gasteiger partial charge in [0.2, 0.25) is 23.7 Å². The summed E-state index contributed by atoms with van der Waals surface area (Å²) in [7, 11) is 0. The fraction of sp³-hybridized carbons (Fsp3) is 0.591. The molecule has 0 unspecified atom stereocenters. The van der Waals surface area contributed by atoms with Crippen molar-refractivity contribution in [2.75, 3.05) is 37.0 Å². The van der Waals surface area contributed by atoms with Crippen LogP contribution >= 0.6 is 0 Å². The summed E-state index contributed by atoms with van der Waals surface area (Å²) in [5, 5.41) is 3.06. The van der Waals surface area contributed by atoms with Crippen molar-refractivity contribution in [2.45, 2.75) is 56.9 Å². The normalized spacial score (nSPS) is 27.1. The Balaban J connectivity index is 1.29. The molecule has 0 aromatic carbocycles. The van der Waals surface area contributed by atoms with Crippen molar-refractivity contribution in [1.82, 2.24) is 25.3 Å². The maximum Gasteiger partial charge on any atom is 0.249 e. The summed E-state index contributed by atoms with van der Waals surface area (Å²) in [6, 6.07) is 2.03. The highest BCUT2D eigenvalue weighted by molar-refractivity contribution is 5.81. The topological polar surface area (TPSA) is 138 Å². The zero-order valence-electron chi connectivity index (χ0n) is 18.6. The molecule has 2 aromatic rings. The fourth-order valence-corrected chi connectivity index (χ4v) is 4.27. The lowest BCUT2D eigenvalue weighted by Crippen LogP contribution is -2.51. The van der Waals surface area contributed by atoms with Crippen LogP contribution in [-0.4, -0.2) is 76.5 Å². The Morgan fingerprint density at radius 2 is 2.06 bits per heavy atom. The number of nitrogen functional groups attached to an aromatic ring is 1. The van der Waals surface area contributed by atoms with Crippen molar-refractivity contribution in [3.63, 3.8) is 0 Å².